The Balaban J connectivity index is 0.00000180. The Morgan fingerprint density at radius 1 is 1.16 bits per heavy atom. The Hall–Kier alpha value is -0.920. The van der Waals surface area contributed by atoms with E-state index in [9.17, 15) is 13.2 Å². The maximum atomic E-state index is 11.0. The van der Waals surface area contributed by atoms with Crippen molar-refractivity contribution in [2.75, 3.05) is 5.32 Å². The average molecular weight is 289 g/mol. The van der Waals surface area contributed by atoms with Gasteiger partial charge in [-0.1, -0.05) is 12.1 Å². The van der Waals surface area contributed by atoms with Crippen molar-refractivity contribution in [2.45, 2.75) is 11.8 Å². The van der Waals surface area contributed by atoms with E-state index in [-0.39, 0.29) is 41.8 Å². The molecule has 0 fully saturated rings. The summed E-state index contributed by atoms with van der Waals surface area (Å²) in [4.78, 5) is 10.8. The Kier molecular flexibility index (Phi) is 5.11. The number of benzene rings is 2. The van der Waals surface area contributed by atoms with Gasteiger partial charge in [0.2, 0.25) is 5.91 Å². The quantitative estimate of drug-likeness (QED) is 0.558. The molecular weight excluding hydrogens is 277 g/mol. The minimum atomic E-state index is -4.22. The SMILES string of the molecule is CC(=O)Nc1ccc2ccc(S(=O)(=O)O)cc2c1.[H-].[Na+]. The molecule has 2 aromatic rings. The molecule has 0 unspecified atom stereocenters. The van der Waals surface area contributed by atoms with Gasteiger partial charge in [0.15, 0.2) is 0 Å². The summed E-state index contributed by atoms with van der Waals surface area (Å²) in [5, 5.41) is 4.04. The van der Waals surface area contributed by atoms with Crippen LogP contribution in [0.4, 0.5) is 5.69 Å². The molecule has 0 aliphatic heterocycles. The van der Waals surface area contributed by atoms with Crippen molar-refractivity contribution < 1.29 is 48.7 Å². The molecule has 7 heteroatoms. The van der Waals surface area contributed by atoms with E-state index < -0.39 is 10.1 Å². The van der Waals surface area contributed by atoms with Gasteiger partial charge in [0, 0.05) is 12.6 Å². The van der Waals surface area contributed by atoms with Crippen molar-refractivity contribution in [1.82, 2.24) is 0 Å². The van der Waals surface area contributed by atoms with Gasteiger partial charge >= 0.3 is 29.6 Å². The molecule has 0 aromatic heterocycles. The van der Waals surface area contributed by atoms with Crippen molar-refractivity contribution in [2.24, 2.45) is 0 Å². The van der Waals surface area contributed by atoms with E-state index >= 15 is 0 Å². The number of hydrogen-bond acceptors (Lipinski definition) is 3. The first-order valence-corrected chi connectivity index (χ1v) is 6.59. The third-order valence-corrected chi connectivity index (χ3v) is 3.28. The summed E-state index contributed by atoms with van der Waals surface area (Å²) in [6.45, 7) is 1.39. The van der Waals surface area contributed by atoms with Gasteiger partial charge < -0.3 is 6.74 Å². The molecular formula is C12H12NNaO4S. The fraction of sp³-hybridized carbons (Fsp3) is 0.0833. The van der Waals surface area contributed by atoms with Gasteiger partial charge in [-0.3, -0.25) is 9.35 Å². The number of nitrogens with one attached hydrogen (secondary N) is 1. The zero-order valence-corrected chi connectivity index (χ0v) is 13.4. The third kappa shape index (κ3) is 4.02. The number of carbonyl (C=O) groups excluding carboxylic acids is 1. The predicted molar refractivity (Wildman–Crippen MR) is 69.2 cm³/mol. The van der Waals surface area contributed by atoms with Crippen molar-refractivity contribution in [1.29, 1.82) is 0 Å². The van der Waals surface area contributed by atoms with Gasteiger partial charge in [-0.15, -0.1) is 0 Å². The molecule has 5 nitrogen and oxygen atoms in total. The molecule has 96 valence electrons. The normalized spacial score (nSPS) is 10.8. The van der Waals surface area contributed by atoms with Crippen LogP contribution in [0.2, 0.25) is 0 Å². The first-order valence-electron chi connectivity index (χ1n) is 5.15. The van der Waals surface area contributed by atoms with Crippen molar-refractivity contribution >= 4 is 32.5 Å². The Labute approximate surface area is 134 Å². The fourth-order valence-corrected chi connectivity index (χ4v) is 2.18. The van der Waals surface area contributed by atoms with E-state index in [2.05, 4.69) is 5.32 Å². The number of carbonyl (C=O) groups is 1. The molecule has 0 aliphatic rings. The van der Waals surface area contributed by atoms with Crippen LogP contribution < -0.4 is 34.9 Å². The minimum absolute atomic E-state index is 0. The first-order chi connectivity index (χ1) is 8.36. The summed E-state index contributed by atoms with van der Waals surface area (Å²) in [6.07, 6.45) is 0. The van der Waals surface area contributed by atoms with Crippen LogP contribution in [0.1, 0.15) is 8.35 Å². The van der Waals surface area contributed by atoms with E-state index in [1.54, 1.807) is 24.3 Å². The van der Waals surface area contributed by atoms with E-state index in [4.69, 9.17) is 4.55 Å². The van der Waals surface area contributed by atoms with Crippen LogP contribution in [0, 0.1) is 0 Å². The summed E-state index contributed by atoms with van der Waals surface area (Å²) in [7, 11) is -4.22. The summed E-state index contributed by atoms with van der Waals surface area (Å²) < 4.78 is 31.0. The van der Waals surface area contributed by atoms with Gasteiger partial charge in [-0.05, 0) is 35.0 Å². The second-order valence-electron chi connectivity index (χ2n) is 3.88. The molecule has 0 radical (unpaired) electrons. The van der Waals surface area contributed by atoms with E-state index in [0.29, 0.717) is 11.1 Å². The molecule has 0 aliphatic carbocycles. The number of amides is 1. The topological polar surface area (TPSA) is 83.5 Å². The molecule has 1 amide bonds. The molecule has 2 rings (SSSR count). The zero-order chi connectivity index (χ0) is 13.3. The van der Waals surface area contributed by atoms with Gasteiger partial charge in [0.25, 0.3) is 10.1 Å². The standard InChI is InChI=1S/C12H11NO4S.Na.H/c1-8(14)13-11-4-2-9-3-5-12(18(15,16)17)7-10(9)6-11;;/h2-7H,1H3,(H,13,14)(H,15,16,17);;/q;+1;-1. The molecule has 0 spiro atoms. The van der Waals surface area contributed by atoms with Crippen LogP contribution in [0.3, 0.4) is 0 Å². The minimum Gasteiger partial charge on any atom is -1.00 e. The fourth-order valence-electron chi connectivity index (χ4n) is 1.67. The second-order valence-corrected chi connectivity index (χ2v) is 5.30. The van der Waals surface area contributed by atoms with Crippen LogP contribution >= 0.6 is 0 Å². The van der Waals surface area contributed by atoms with Crippen LogP contribution in [-0.2, 0) is 14.9 Å². The Bertz CT molecular complexity index is 733. The van der Waals surface area contributed by atoms with Crippen molar-refractivity contribution in [3.05, 3.63) is 36.4 Å². The summed E-state index contributed by atoms with van der Waals surface area (Å²) in [5.41, 5.74) is 0.572. The molecule has 0 heterocycles. The zero-order valence-electron chi connectivity index (χ0n) is 11.5. The summed E-state index contributed by atoms with van der Waals surface area (Å²) in [5.74, 6) is -0.208. The summed E-state index contributed by atoms with van der Waals surface area (Å²) >= 11 is 0. The van der Waals surface area contributed by atoms with Crippen molar-refractivity contribution in [3.63, 3.8) is 0 Å². The van der Waals surface area contributed by atoms with Gasteiger partial charge in [-0.25, -0.2) is 0 Å². The first kappa shape index (κ1) is 16.1. The molecule has 0 atom stereocenters. The smallest absolute Gasteiger partial charge is 1.00 e. The van der Waals surface area contributed by atoms with Crippen LogP contribution in [0.15, 0.2) is 41.3 Å². The number of hydrogen-bond donors (Lipinski definition) is 2. The van der Waals surface area contributed by atoms with Crippen molar-refractivity contribution in [3.8, 4) is 0 Å². The number of fused-ring (bicyclic) bond motifs is 1. The molecule has 2 aromatic carbocycles. The van der Waals surface area contributed by atoms with Gasteiger partial charge in [0.1, 0.15) is 0 Å². The van der Waals surface area contributed by atoms with Crippen LogP contribution in [-0.4, -0.2) is 18.9 Å². The largest absolute Gasteiger partial charge is 1.00 e. The maximum Gasteiger partial charge on any atom is 1.00 e. The maximum absolute atomic E-state index is 11.0. The molecule has 0 saturated carbocycles. The Morgan fingerprint density at radius 2 is 1.79 bits per heavy atom. The average Bonchev–Trinajstić information content (AvgIpc) is 2.26. The van der Waals surface area contributed by atoms with Gasteiger partial charge in [0.05, 0.1) is 4.90 Å². The molecule has 0 saturated heterocycles. The predicted octanol–water partition coefficient (Wildman–Crippen LogP) is -0.839. The van der Waals surface area contributed by atoms with E-state index in [1.807, 2.05) is 0 Å². The molecule has 19 heavy (non-hydrogen) atoms. The van der Waals surface area contributed by atoms with E-state index in [0.717, 1.165) is 5.39 Å². The molecule has 0 bridgehead atoms. The molecule has 2 N–H and O–H groups in total. The number of rotatable bonds is 2. The third-order valence-electron chi connectivity index (χ3n) is 2.43. The van der Waals surface area contributed by atoms with Crippen LogP contribution in [0.25, 0.3) is 10.8 Å². The van der Waals surface area contributed by atoms with Crippen LogP contribution in [0.5, 0.6) is 0 Å². The monoisotopic (exact) mass is 289 g/mol. The van der Waals surface area contributed by atoms with Gasteiger partial charge in [-0.2, -0.15) is 8.42 Å². The summed E-state index contributed by atoms with van der Waals surface area (Å²) in [6, 6.07) is 9.40. The Morgan fingerprint density at radius 3 is 2.37 bits per heavy atom. The second kappa shape index (κ2) is 6.02. The number of anilines is 1. The van der Waals surface area contributed by atoms with E-state index in [1.165, 1.54) is 19.1 Å².